The molecule has 0 unspecified atom stereocenters. The average Bonchev–Trinajstić information content (AvgIpc) is 3.28. The maximum absolute atomic E-state index is 4.80. The minimum absolute atomic E-state index is 0.815. The number of benzene rings is 1. The van der Waals surface area contributed by atoms with Crippen molar-refractivity contribution in [3.05, 3.63) is 64.4 Å². The van der Waals surface area contributed by atoms with E-state index >= 15 is 0 Å². The Labute approximate surface area is 155 Å². The fraction of sp³-hybridized carbons (Fsp3) is 0.200. The molecule has 0 spiro atoms. The first-order valence-electron chi connectivity index (χ1n) is 8.39. The normalized spacial score (nSPS) is 11.1. The van der Waals surface area contributed by atoms with Gasteiger partial charge in [-0.2, -0.15) is 0 Å². The smallest absolute Gasteiger partial charge is 0.173 e. The molecule has 5 heteroatoms. The number of hydrogen-bond donors (Lipinski definition) is 1. The summed E-state index contributed by atoms with van der Waals surface area (Å²) in [7, 11) is 0. The van der Waals surface area contributed by atoms with Crippen molar-refractivity contribution >= 4 is 38.7 Å². The van der Waals surface area contributed by atoms with Gasteiger partial charge in [0, 0.05) is 11.4 Å². The molecule has 0 amide bonds. The van der Waals surface area contributed by atoms with E-state index in [-0.39, 0.29) is 0 Å². The molecule has 0 aliphatic rings. The van der Waals surface area contributed by atoms with Crippen LogP contribution < -0.4 is 5.32 Å². The Balaban J connectivity index is 1.53. The minimum atomic E-state index is 0.815. The van der Waals surface area contributed by atoms with Gasteiger partial charge in [0.05, 0.1) is 10.3 Å². The van der Waals surface area contributed by atoms with Crippen molar-refractivity contribution in [2.24, 2.45) is 0 Å². The molecule has 4 aromatic rings. The molecule has 1 N–H and O–H groups in total. The third-order valence-corrected chi connectivity index (χ3v) is 5.85. The fourth-order valence-electron chi connectivity index (χ4n) is 2.84. The highest BCUT2D eigenvalue weighted by Gasteiger charge is 2.12. The lowest BCUT2D eigenvalue weighted by atomic mass is 10.1. The first-order chi connectivity index (χ1) is 12.3. The summed E-state index contributed by atoms with van der Waals surface area (Å²) in [6, 6.07) is 16.9. The van der Waals surface area contributed by atoms with Gasteiger partial charge in [0.2, 0.25) is 0 Å². The summed E-state index contributed by atoms with van der Waals surface area (Å²) in [5.74, 6) is 1.76. The van der Waals surface area contributed by atoms with Crippen LogP contribution in [0.25, 0.3) is 20.9 Å². The van der Waals surface area contributed by atoms with E-state index in [1.54, 1.807) is 22.7 Å². The fourth-order valence-corrected chi connectivity index (χ4v) is 4.37. The molecule has 126 valence electrons. The lowest BCUT2D eigenvalue weighted by molar-refractivity contribution is 0.860. The van der Waals surface area contributed by atoms with E-state index in [0.29, 0.717) is 0 Å². The number of aromatic nitrogens is 2. The average molecular weight is 366 g/mol. The second-order valence-corrected chi connectivity index (χ2v) is 8.15. The number of thiophene rings is 2. The summed E-state index contributed by atoms with van der Waals surface area (Å²) in [6.45, 7) is 3.02. The quantitative estimate of drug-likeness (QED) is 0.441. The molecule has 0 fully saturated rings. The summed E-state index contributed by atoms with van der Waals surface area (Å²) in [5, 5.41) is 6.73. The lowest BCUT2D eigenvalue weighted by Gasteiger charge is -2.08. The van der Waals surface area contributed by atoms with Crippen molar-refractivity contribution in [2.45, 2.75) is 19.8 Å². The molecule has 0 aliphatic carbocycles. The third kappa shape index (κ3) is 3.72. The highest BCUT2D eigenvalue weighted by atomic mass is 32.1. The van der Waals surface area contributed by atoms with Crippen LogP contribution in [0.4, 0.5) is 5.82 Å². The molecule has 0 bridgehead atoms. The van der Waals surface area contributed by atoms with Crippen LogP contribution in [0.3, 0.4) is 0 Å². The van der Waals surface area contributed by atoms with Crippen molar-refractivity contribution in [1.82, 2.24) is 9.97 Å². The molecule has 3 aromatic heterocycles. The predicted octanol–water partition coefficient (Wildman–Crippen LogP) is 5.77. The third-order valence-electron chi connectivity index (χ3n) is 4.04. The molecule has 0 saturated heterocycles. The number of hydrogen-bond acceptors (Lipinski definition) is 5. The molecule has 0 radical (unpaired) electrons. The van der Waals surface area contributed by atoms with Crippen molar-refractivity contribution in [2.75, 3.05) is 11.9 Å². The van der Waals surface area contributed by atoms with Gasteiger partial charge >= 0.3 is 0 Å². The highest BCUT2D eigenvalue weighted by Crippen LogP contribution is 2.32. The summed E-state index contributed by atoms with van der Waals surface area (Å²) >= 11 is 3.40. The Morgan fingerprint density at radius 1 is 1.04 bits per heavy atom. The summed E-state index contributed by atoms with van der Waals surface area (Å²) in [5.41, 5.74) is 1.38. The molecule has 0 saturated carbocycles. The zero-order valence-corrected chi connectivity index (χ0v) is 15.7. The molecule has 25 heavy (non-hydrogen) atoms. The maximum atomic E-state index is 4.80. The molecule has 0 aliphatic heterocycles. The maximum Gasteiger partial charge on any atom is 0.173 e. The van der Waals surface area contributed by atoms with E-state index in [1.807, 2.05) is 6.07 Å². The molecule has 3 nitrogen and oxygen atoms in total. The van der Waals surface area contributed by atoms with Crippen LogP contribution in [0.15, 0.2) is 53.9 Å². The van der Waals surface area contributed by atoms with Gasteiger partial charge in [-0.1, -0.05) is 36.4 Å². The number of nitrogens with zero attached hydrogens (tertiary/aromatic N) is 2. The van der Waals surface area contributed by atoms with E-state index in [9.17, 15) is 0 Å². The van der Waals surface area contributed by atoms with Gasteiger partial charge in [-0.05, 0) is 42.8 Å². The van der Waals surface area contributed by atoms with Gasteiger partial charge in [0.25, 0.3) is 0 Å². The van der Waals surface area contributed by atoms with Gasteiger partial charge in [-0.25, -0.2) is 9.97 Å². The Bertz CT molecular complexity index is 959. The van der Waals surface area contributed by atoms with Crippen LogP contribution in [-0.2, 0) is 6.42 Å². The number of nitrogens with one attached hydrogen (secondary N) is 1. The van der Waals surface area contributed by atoms with Crippen LogP contribution in [-0.4, -0.2) is 16.5 Å². The molecule has 4 rings (SSSR count). The first kappa shape index (κ1) is 16.2. The highest BCUT2D eigenvalue weighted by molar-refractivity contribution is 7.18. The van der Waals surface area contributed by atoms with Crippen molar-refractivity contribution in [1.29, 1.82) is 0 Å². The molecule has 1 aromatic carbocycles. The zero-order valence-electron chi connectivity index (χ0n) is 14.0. The summed E-state index contributed by atoms with van der Waals surface area (Å²) in [6.07, 6.45) is 2.15. The number of rotatable bonds is 6. The second kappa shape index (κ2) is 7.33. The molecule has 3 heterocycles. The van der Waals surface area contributed by atoms with Crippen LogP contribution in [0.1, 0.15) is 16.9 Å². The van der Waals surface area contributed by atoms with Gasteiger partial charge in [-0.3, -0.25) is 0 Å². The van der Waals surface area contributed by atoms with Gasteiger partial charge in [0.1, 0.15) is 10.6 Å². The predicted molar refractivity (Wildman–Crippen MR) is 109 cm³/mol. The number of fused-ring (bicyclic) bond motifs is 1. The van der Waals surface area contributed by atoms with Gasteiger partial charge < -0.3 is 5.32 Å². The Hall–Kier alpha value is -2.24. The van der Waals surface area contributed by atoms with Crippen LogP contribution in [0.2, 0.25) is 0 Å². The largest absolute Gasteiger partial charge is 0.369 e. The Morgan fingerprint density at radius 3 is 2.72 bits per heavy atom. The zero-order chi connectivity index (χ0) is 17.1. The van der Waals surface area contributed by atoms with E-state index in [2.05, 4.69) is 60.1 Å². The second-order valence-electron chi connectivity index (χ2n) is 5.96. The van der Waals surface area contributed by atoms with E-state index in [0.717, 1.165) is 46.1 Å². The van der Waals surface area contributed by atoms with E-state index in [1.165, 1.54) is 10.4 Å². The first-order valence-corrected chi connectivity index (χ1v) is 10.1. The SMILES string of the molecule is Cc1cc2c(NCCCc3ccccc3)nc(-c3cccs3)nc2s1. The lowest BCUT2D eigenvalue weighted by Crippen LogP contribution is -2.06. The standard InChI is InChI=1S/C20H19N3S2/c1-14-13-16-18(21-11-5-9-15-7-3-2-4-8-15)22-19(23-20(16)25-14)17-10-6-12-24-17/h2-4,6-8,10,12-13H,5,9,11H2,1H3,(H,21,22,23). The number of aryl methyl sites for hydroxylation is 2. The summed E-state index contributed by atoms with van der Waals surface area (Å²) in [4.78, 5) is 13.0. The Morgan fingerprint density at radius 2 is 1.92 bits per heavy atom. The van der Waals surface area contributed by atoms with Crippen molar-refractivity contribution < 1.29 is 0 Å². The molecular formula is C20H19N3S2. The van der Waals surface area contributed by atoms with E-state index < -0.39 is 0 Å². The van der Waals surface area contributed by atoms with E-state index in [4.69, 9.17) is 9.97 Å². The minimum Gasteiger partial charge on any atom is -0.369 e. The monoisotopic (exact) mass is 365 g/mol. The molecule has 0 atom stereocenters. The topological polar surface area (TPSA) is 37.8 Å². The van der Waals surface area contributed by atoms with Gasteiger partial charge in [-0.15, -0.1) is 22.7 Å². The van der Waals surface area contributed by atoms with Crippen molar-refractivity contribution in [3.63, 3.8) is 0 Å². The van der Waals surface area contributed by atoms with Crippen molar-refractivity contribution in [3.8, 4) is 10.7 Å². The van der Waals surface area contributed by atoms with Crippen LogP contribution in [0, 0.1) is 6.92 Å². The summed E-state index contributed by atoms with van der Waals surface area (Å²) < 4.78 is 0. The molecular weight excluding hydrogens is 346 g/mol. The number of anilines is 1. The Kier molecular flexibility index (Phi) is 4.76. The van der Waals surface area contributed by atoms with Crippen LogP contribution in [0.5, 0.6) is 0 Å². The van der Waals surface area contributed by atoms with Crippen LogP contribution >= 0.6 is 22.7 Å². The van der Waals surface area contributed by atoms with Gasteiger partial charge in [0.15, 0.2) is 5.82 Å².